The first-order chi connectivity index (χ1) is 13.5. The highest BCUT2D eigenvalue weighted by Gasteiger charge is 2.18. The Hall–Kier alpha value is -3.31. The van der Waals surface area contributed by atoms with E-state index in [-0.39, 0.29) is 16.5 Å². The maximum atomic E-state index is 12.5. The molecule has 28 heavy (non-hydrogen) atoms. The molecular weight excluding hydrogens is 380 g/mol. The minimum Gasteiger partial charge on any atom is -0.457 e. The van der Waals surface area contributed by atoms with E-state index in [0.717, 1.165) is 11.1 Å². The van der Waals surface area contributed by atoms with E-state index in [0.29, 0.717) is 23.0 Å². The standard InChI is InChI=1S/C22H15ClO5/c1-13-15-11-17(23)20(28-22(25)18-8-5-9-26-18)12-19(15)27-21(24)16(13)10-14-6-3-2-4-7-14/h2-9,11-12H,10H2,1H3. The molecule has 0 atom stereocenters. The molecule has 4 aromatic rings. The van der Waals surface area contributed by atoms with Crippen LogP contribution in [0.5, 0.6) is 5.75 Å². The second-order valence-corrected chi connectivity index (χ2v) is 6.71. The summed E-state index contributed by atoms with van der Waals surface area (Å²) >= 11 is 6.31. The highest BCUT2D eigenvalue weighted by Crippen LogP contribution is 2.32. The van der Waals surface area contributed by atoms with Crippen LogP contribution >= 0.6 is 11.6 Å². The van der Waals surface area contributed by atoms with Crippen molar-refractivity contribution in [1.82, 2.24) is 0 Å². The van der Waals surface area contributed by atoms with Gasteiger partial charge < -0.3 is 13.6 Å². The molecule has 0 unspecified atom stereocenters. The zero-order chi connectivity index (χ0) is 19.7. The molecule has 0 radical (unpaired) electrons. The molecule has 0 amide bonds. The summed E-state index contributed by atoms with van der Waals surface area (Å²) in [5.74, 6) is -0.549. The Labute approximate surface area is 165 Å². The lowest BCUT2D eigenvalue weighted by atomic mass is 9.99. The average molecular weight is 395 g/mol. The summed E-state index contributed by atoms with van der Waals surface area (Å²) in [5, 5.41) is 0.920. The molecule has 2 aromatic heterocycles. The number of benzene rings is 2. The first-order valence-electron chi connectivity index (χ1n) is 8.58. The fourth-order valence-corrected chi connectivity index (χ4v) is 3.22. The second-order valence-electron chi connectivity index (χ2n) is 6.30. The molecule has 0 saturated carbocycles. The molecule has 5 nitrogen and oxygen atoms in total. The van der Waals surface area contributed by atoms with Crippen molar-refractivity contribution in [2.75, 3.05) is 0 Å². The van der Waals surface area contributed by atoms with Crippen molar-refractivity contribution in [1.29, 1.82) is 0 Å². The van der Waals surface area contributed by atoms with Crippen molar-refractivity contribution in [3.05, 3.63) is 98.8 Å². The number of esters is 1. The topological polar surface area (TPSA) is 69.7 Å². The maximum Gasteiger partial charge on any atom is 0.379 e. The summed E-state index contributed by atoms with van der Waals surface area (Å²) < 4.78 is 15.8. The number of ether oxygens (including phenoxy) is 1. The van der Waals surface area contributed by atoms with Crippen LogP contribution in [0, 0.1) is 6.92 Å². The van der Waals surface area contributed by atoms with Crippen LogP contribution in [0.15, 0.2) is 74.5 Å². The number of hydrogen-bond acceptors (Lipinski definition) is 5. The van der Waals surface area contributed by atoms with Crippen molar-refractivity contribution in [3.63, 3.8) is 0 Å². The lowest BCUT2D eigenvalue weighted by molar-refractivity contribution is 0.0701. The molecule has 0 aliphatic rings. The van der Waals surface area contributed by atoms with Crippen LogP contribution in [0.3, 0.4) is 0 Å². The Morgan fingerprint density at radius 3 is 2.61 bits per heavy atom. The Balaban J connectivity index is 1.74. The van der Waals surface area contributed by atoms with Crippen molar-refractivity contribution in [3.8, 4) is 5.75 Å². The normalized spacial score (nSPS) is 10.9. The predicted molar refractivity (Wildman–Crippen MR) is 105 cm³/mol. The van der Waals surface area contributed by atoms with E-state index in [1.807, 2.05) is 37.3 Å². The van der Waals surface area contributed by atoms with Gasteiger partial charge in [-0.05, 0) is 36.2 Å². The fourth-order valence-electron chi connectivity index (χ4n) is 3.02. The highest BCUT2D eigenvalue weighted by atomic mass is 35.5. The van der Waals surface area contributed by atoms with E-state index in [1.165, 1.54) is 18.4 Å². The number of fused-ring (bicyclic) bond motifs is 1. The molecule has 0 bridgehead atoms. The molecule has 0 aliphatic carbocycles. The number of rotatable bonds is 4. The van der Waals surface area contributed by atoms with Crippen LogP contribution in [0.25, 0.3) is 11.0 Å². The first kappa shape index (κ1) is 18.1. The lowest BCUT2D eigenvalue weighted by Gasteiger charge is -2.11. The molecule has 0 saturated heterocycles. The number of aryl methyl sites for hydroxylation is 1. The van der Waals surface area contributed by atoms with E-state index in [1.54, 1.807) is 12.1 Å². The van der Waals surface area contributed by atoms with Gasteiger partial charge in [-0.25, -0.2) is 9.59 Å². The third kappa shape index (κ3) is 3.44. The molecule has 140 valence electrons. The molecular formula is C22H15ClO5. The quantitative estimate of drug-likeness (QED) is 0.272. The smallest absolute Gasteiger partial charge is 0.379 e. The first-order valence-corrected chi connectivity index (χ1v) is 8.96. The van der Waals surface area contributed by atoms with E-state index >= 15 is 0 Å². The van der Waals surface area contributed by atoms with Crippen LogP contribution in [-0.2, 0) is 6.42 Å². The number of furan rings is 1. The van der Waals surface area contributed by atoms with Gasteiger partial charge in [-0.1, -0.05) is 41.9 Å². The van der Waals surface area contributed by atoms with Crippen molar-refractivity contribution in [2.24, 2.45) is 0 Å². The maximum absolute atomic E-state index is 12.5. The summed E-state index contributed by atoms with van der Waals surface area (Å²) in [6.07, 6.45) is 1.83. The zero-order valence-electron chi connectivity index (χ0n) is 14.9. The zero-order valence-corrected chi connectivity index (χ0v) is 15.7. The van der Waals surface area contributed by atoms with Gasteiger partial charge in [0.2, 0.25) is 5.76 Å². The molecule has 6 heteroatoms. The van der Waals surface area contributed by atoms with Gasteiger partial charge in [0.25, 0.3) is 0 Å². The van der Waals surface area contributed by atoms with Gasteiger partial charge in [0, 0.05) is 23.4 Å². The van der Waals surface area contributed by atoms with Crippen LogP contribution in [-0.4, -0.2) is 5.97 Å². The van der Waals surface area contributed by atoms with Crippen molar-refractivity contribution < 1.29 is 18.4 Å². The molecule has 0 spiro atoms. The van der Waals surface area contributed by atoms with Gasteiger partial charge in [0.15, 0.2) is 5.75 Å². The average Bonchev–Trinajstić information content (AvgIpc) is 3.22. The monoisotopic (exact) mass is 394 g/mol. The van der Waals surface area contributed by atoms with Crippen LogP contribution in [0.4, 0.5) is 0 Å². The summed E-state index contributed by atoms with van der Waals surface area (Å²) in [7, 11) is 0. The minimum atomic E-state index is -0.689. The van der Waals surface area contributed by atoms with Gasteiger partial charge in [-0.15, -0.1) is 0 Å². The second kappa shape index (κ2) is 7.37. The van der Waals surface area contributed by atoms with Gasteiger partial charge in [0.1, 0.15) is 5.58 Å². The van der Waals surface area contributed by atoms with Crippen LogP contribution in [0.1, 0.15) is 27.2 Å². The summed E-state index contributed by atoms with van der Waals surface area (Å²) in [6.45, 7) is 1.85. The fraction of sp³-hybridized carbons (Fsp3) is 0.0909. The van der Waals surface area contributed by atoms with E-state index in [9.17, 15) is 9.59 Å². The third-order valence-corrected chi connectivity index (χ3v) is 4.78. The van der Waals surface area contributed by atoms with Crippen LogP contribution < -0.4 is 10.4 Å². The molecule has 2 heterocycles. The largest absolute Gasteiger partial charge is 0.457 e. The third-order valence-electron chi connectivity index (χ3n) is 4.49. The summed E-state index contributed by atoms with van der Waals surface area (Å²) in [4.78, 5) is 24.6. The van der Waals surface area contributed by atoms with E-state index in [2.05, 4.69) is 0 Å². The molecule has 0 fully saturated rings. The molecule has 2 aromatic carbocycles. The number of hydrogen-bond donors (Lipinski definition) is 0. The summed E-state index contributed by atoms with van der Waals surface area (Å²) in [6, 6.07) is 15.8. The SMILES string of the molecule is Cc1c(Cc2ccccc2)c(=O)oc2cc(OC(=O)c3ccco3)c(Cl)cc12. The van der Waals surface area contributed by atoms with E-state index < -0.39 is 11.6 Å². The molecule has 0 aliphatic heterocycles. The lowest BCUT2D eigenvalue weighted by Crippen LogP contribution is -2.11. The highest BCUT2D eigenvalue weighted by molar-refractivity contribution is 6.33. The van der Waals surface area contributed by atoms with Gasteiger partial charge in [-0.3, -0.25) is 0 Å². The Kier molecular flexibility index (Phi) is 4.75. The van der Waals surface area contributed by atoms with E-state index in [4.69, 9.17) is 25.2 Å². The Bertz CT molecular complexity index is 1210. The van der Waals surface area contributed by atoms with Crippen molar-refractivity contribution >= 4 is 28.5 Å². The molecule has 0 N–H and O–H groups in total. The van der Waals surface area contributed by atoms with Gasteiger partial charge in [-0.2, -0.15) is 0 Å². The van der Waals surface area contributed by atoms with Gasteiger partial charge in [0.05, 0.1) is 11.3 Å². The Morgan fingerprint density at radius 2 is 1.89 bits per heavy atom. The number of carbonyl (C=O) groups is 1. The Morgan fingerprint density at radius 1 is 1.11 bits per heavy atom. The van der Waals surface area contributed by atoms with Crippen LogP contribution in [0.2, 0.25) is 5.02 Å². The summed E-state index contributed by atoms with van der Waals surface area (Å²) in [5.41, 5.74) is 2.22. The predicted octanol–water partition coefficient (Wildman–Crippen LogP) is 5.16. The molecule has 4 rings (SSSR count). The minimum absolute atomic E-state index is 0.0482. The number of carbonyl (C=O) groups excluding carboxylic acids is 1. The number of halogens is 1. The van der Waals surface area contributed by atoms with Crippen molar-refractivity contribution in [2.45, 2.75) is 13.3 Å². The van der Waals surface area contributed by atoms with Gasteiger partial charge >= 0.3 is 11.6 Å².